The van der Waals surface area contributed by atoms with Gasteiger partial charge in [0.15, 0.2) is 9.84 Å². The van der Waals surface area contributed by atoms with Gasteiger partial charge in [0, 0.05) is 18.0 Å². The highest BCUT2D eigenvalue weighted by atomic mass is 32.2. The summed E-state index contributed by atoms with van der Waals surface area (Å²) in [5.41, 5.74) is 0. The Labute approximate surface area is 144 Å². The molecule has 2 heterocycles. The van der Waals surface area contributed by atoms with Crippen LogP contribution in [0.3, 0.4) is 0 Å². The van der Waals surface area contributed by atoms with Crippen LogP contribution >= 0.6 is 22.7 Å². The van der Waals surface area contributed by atoms with Gasteiger partial charge in [-0.1, -0.05) is 26.0 Å². The highest BCUT2D eigenvalue weighted by Gasteiger charge is 2.31. The lowest BCUT2D eigenvalue weighted by molar-refractivity contribution is 0.239. The largest absolute Gasteiger partial charge is 0.338 e. The summed E-state index contributed by atoms with van der Waals surface area (Å²) in [5, 5.41) is 8.21. The van der Waals surface area contributed by atoms with E-state index in [9.17, 15) is 13.2 Å². The summed E-state index contributed by atoms with van der Waals surface area (Å²) in [6, 6.07) is 6.57. The number of hydrogen-bond acceptors (Lipinski definition) is 5. The molecule has 0 aromatic carbocycles. The molecule has 0 aliphatic carbocycles. The van der Waals surface area contributed by atoms with Crippen molar-refractivity contribution < 1.29 is 13.2 Å². The lowest BCUT2D eigenvalue weighted by atomic mass is 10.2. The highest BCUT2D eigenvalue weighted by Crippen LogP contribution is 2.33. The van der Waals surface area contributed by atoms with Gasteiger partial charge in [-0.25, -0.2) is 13.2 Å². The van der Waals surface area contributed by atoms with Gasteiger partial charge in [0.25, 0.3) is 0 Å². The second-order valence-electron chi connectivity index (χ2n) is 5.47. The molecule has 2 rings (SSSR count). The quantitative estimate of drug-likeness (QED) is 0.783. The first-order chi connectivity index (χ1) is 10.9. The Morgan fingerprint density at radius 3 is 2.30 bits per heavy atom. The molecule has 2 aromatic heterocycles. The lowest BCUT2D eigenvalue weighted by Crippen LogP contribution is -2.40. The third kappa shape index (κ3) is 4.79. The standard InChI is InChI=1S/C15H20N2O3S3/c1-11(2)9-16-15(18)17-10-13(12-5-3-7-21-12)23(19,20)14-6-4-8-22-14/h3-8,11,13H,9-10H2,1-2H3,(H2,16,17,18). The molecule has 8 heteroatoms. The van der Waals surface area contributed by atoms with Gasteiger partial charge in [0.05, 0.1) is 0 Å². The fourth-order valence-electron chi connectivity index (χ4n) is 1.95. The number of amides is 2. The zero-order chi connectivity index (χ0) is 16.9. The fourth-order valence-corrected chi connectivity index (χ4v) is 5.94. The third-order valence-corrected chi connectivity index (χ3v) is 7.78. The van der Waals surface area contributed by atoms with Gasteiger partial charge in [-0.3, -0.25) is 0 Å². The number of urea groups is 1. The molecule has 0 saturated heterocycles. The van der Waals surface area contributed by atoms with E-state index >= 15 is 0 Å². The van der Waals surface area contributed by atoms with Gasteiger partial charge in [0.1, 0.15) is 9.46 Å². The minimum atomic E-state index is -3.52. The summed E-state index contributed by atoms with van der Waals surface area (Å²) >= 11 is 2.57. The van der Waals surface area contributed by atoms with Gasteiger partial charge in [-0.2, -0.15) is 0 Å². The second kappa shape index (κ2) is 7.94. The molecule has 5 nitrogen and oxygen atoms in total. The molecular weight excluding hydrogens is 352 g/mol. The van der Waals surface area contributed by atoms with Gasteiger partial charge >= 0.3 is 6.03 Å². The van der Waals surface area contributed by atoms with Gasteiger partial charge in [-0.15, -0.1) is 22.7 Å². The first-order valence-electron chi connectivity index (χ1n) is 7.23. The van der Waals surface area contributed by atoms with Crippen LogP contribution in [0.25, 0.3) is 0 Å². The Kier molecular flexibility index (Phi) is 6.20. The maximum atomic E-state index is 12.8. The molecule has 126 valence electrons. The first-order valence-corrected chi connectivity index (χ1v) is 10.5. The first kappa shape index (κ1) is 18.0. The van der Waals surface area contributed by atoms with Crippen molar-refractivity contribution in [1.29, 1.82) is 0 Å². The van der Waals surface area contributed by atoms with Crippen molar-refractivity contribution in [3.63, 3.8) is 0 Å². The molecule has 2 aromatic rings. The molecule has 23 heavy (non-hydrogen) atoms. The molecule has 0 spiro atoms. The number of sulfone groups is 1. The average Bonchev–Trinajstić information content (AvgIpc) is 3.18. The highest BCUT2D eigenvalue weighted by molar-refractivity contribution is 7.93. The zero-order valence-corrected chi connectivity index (χ0v) is 15.4. The van der Waals surface area contributed by atoms with Crippen molar-refractivity contribution >= 4 is 38.5 Å². The maximum absolute atomic E-state index is 12.8. The molecular formula is C15H20N2O3S3. The minimum absolute atomic E-state index is 0.0463. The van der Waals surface area contributed by atoms with E-state index < -0.39 is 15.1 Å². The summed E-state index contributed by atoms with van der Waals surface area (Å²) in [4.78, 5) is 12.5. The van der Waals surface area contributed by atoms with Crippen LogP contribution in [0.4, 0.5) is 4.79 Å². The molecule has 0 aliphatic rings. The minimum Gasteiger partial charge on any atom is -0.338 e. The van der Waals surface area contributed by atoms with E-state index in [4.69, 9.17) is 0 Å². The van der Waals surface area contributed by atoms with E-state index in [0.717, 1.165) is 4.88 Å². The van der Waals surface area contributed by atoms with Crippen LogP contribution < -0.4 is 10.6 Å². The van der Waals surface area contributed by atoms with Crippen LogP contribution in [-0.4, -0.2) is 27.5 Å². The molecule has 0 bridgehead atoms. The summed E-state index contributed by atoms with van der Waals surface area (Å²) in [5.74, 6) is 0.337. The number of carbonyl (C=O) groups excluding carboxylic acids is 1. The van der Waals surface area contributed by atoms with Crippen LogP contribution in [-0.2, 0) is 9.84 Å². The summed E-state index contributed by atoms with van der Waals surface area (Å²) in [6.45, 7) is 4.59. The number of nitrogens with one attached hydrogen (secondary N) is 2. The molecule has 1 atom stereocenters. The zero-order valence-electron chi connectivity index (χ0n) is 13.0. The number of hydrogen-bond donors (Lipinski definition) is 2. The Hall–Kier alpha value is -1.38. The Morgan fingerprint density at radius 1 is 1.09 bits per heavy atom. The van der Waals surface area contributed by atoms with E-state index in [2.05, 4.69) is 10.6 Å². The number of rotatable bonds is 7. The lowest BCUT2D eigenvalue weighted by Gasteiger charge is -2.17. The van der Waals surface area contributed by atoms with Crippen molar-refractivity contribution in [2.45, 2.75) is 23.3 Å². The molecule has 0 radical (unpaired) electrons. The van der Waals surface area contributed by atoms with Gasteiger partial charge in [-0.05, 0) is 28.8 Å². The van der Waals surface area contributed by atoms with E-state index in [1.807, 2.05) is 25.3 Å². The Balaban J connectivity index is 2.12. The van der Waals surface area contributed by atoms with Crippen LogP contribution in [0.2, 0.25) is 0 Å². The van der Waals surface area contributed by atoms with Crippen LogP contribution in [0.1, 0.15) is 24.0 Å². The van der Waals surface area contributed by atoms with Gasteiger partial charge in [0.2, 0.25) is 0 Å². The third-order valence-electron chi connectivity index (χ3n) is 3.13. The molecule has 0 aliphatic heterocycles. The predicted molar refractivity (Wildman–Crippen MR) is 94.8 cm³/mol. The topological polar surface area (TPSA) is 75.3 Å². The number of carbonyl (C=O) groups is 1. The number of thiophene rings is 2. The molecule has 0 saturated carbocycles. The predicted octanol–water partition coefficient (Wildman–Crippen LogP) is 3.28. The fraction of sp³-hybridized carbons (Fsp3) is 0.400. The molecule has 1 unspecified atom stereocenters. The van der Waals surface area contributed by atoms with E-state index in [1.54, 1.807) is 23.6 Å². The second-order valence-corrected chi connectivity index (χ2v) is 9.75. The van der Waals surface area contributed by atoms with E-state index in [-0.39, 0.29) is 12.6 Å². The Morgan fingerprint density at radius 2 is 1.74 bits per heavy atom. The van der Waals surface area contributed by atoms with Crippen molar-refractivity contribution in [2.75, 3.05) is 13.1 Å². The normalized spacial score (nSPS) is 13.0. The van der Waals surface area contributed by atoms with E-state index in [1.165, 1.54) is 22.7 Å². The SMILES string of the molecule is CC(C)CNC(=O)NCC(c1cccs1)S(=O)(=O)c1cccs1. The maximum Gasteiger partial charge on any atom is 0.314 e. The van der Waals surface area contributed by atoms with Crippen LogP contribution in [0, 0.1) is 5.92 Å². The monoisotopic (exact) mass is 372 g/mol. The van der Waals surface area contributed by atoms with Crippen LogP contribution in [0.15, 0.2) is 39.2 Å². The van der Waals surface area contributed by atoms with Crippen molar-refractivity contribution in [2.24, 2.45) is 5.92 Å². The molecule has 0 fully saturated rings. The summed E-state index contributed by atoms with van der Waals surface area (Å²) in [7, 11) is -3.52. The van der Waals surface area contributed by atoms with Crippen molar-refractivity contribution in [1.82, 2.24) is 10.6 Å². The summed E-state index contributed by atoms with van der Waals surface area (Å²) in [6.07, 6.45) is 0. The molecule has 2 amide bonds. The summed E-state index contributed by atoms with van der Waals surface area (Å²) < 4.78 is 26.0. The van der Waals surface area contributed by atoms with E-state index in [0.29, 0.717) is 16.7 Å². The van der Waals surface area contributed by atoms with Gasteiger partial charge < -0.3 is 10.6 Å². The molecule has 2 N–H and O–H groups in total. The van der Waals surface area contributed by atoms with Crippen molar-refractivity contribution in [3.05, 3.63) is 39.9 Å². The Bertz CT molecular complexity index is 707. The smallest absolute Gasteiger partial charge is 0.314 e. The average molecular weight is 373 g/mol. The van der Waals surface area contributed by atoms with Crippen LogP contribution in [0.5, 0.6) is 0 Å². The van der Waals surface area contributed by atoms with Crippen molar-refractivity contribution in [3.8, 4) is 0 Å².